The van der Waals surface area contributed by atoms with E-state index in [9.17, 15) is 9.65 Å². The van der Waals surface area contributed by atoms with Crippen LogP contribution in [0.1, 0.15) is 60.0 Å². The van der Waals surface area contributed by atoms with Gasteiger partial charge in [0.05, 0.1) is 12.1 Å². The molecule has 0 bridgehead atoms. The van der Waals surface area contributed by atoms with Gasteiger partial charge in [-0.15, -0.1) is 11.3 Å². The molecule has 0 N–H and O–H groups in total. The average Bonchev–Trinajstić information content (AvgIpc) is 3.32. The molecule has 35 heavy (non-hydrogen) atoms. The zero-order valence-corrected chi connectivity index (χ0v) is 21.5. The number of fused-ring (bicyclic) bond motifs is 2. The number of halogens is 1. The average molecular weight is 484 g/mol. The molecule has 1 atom stereocenters. The van der Waals surface area contributed by atoms with E-state index >= 15 is 0 Å². The topological polar surface area (TPSA) is 41.1 Å². The van der Waals surface area contributed by atoms with Gasteiger partial charge in [0.2, 0.25) is 0 Å². The minimum absolute atomic E-state index is 0.198. The molecule has 0 saturated heterocycles. The number of nitriles is 1. The van der Waals surface area contributed by atoms with Crippen LogP contribution in [0.15, 0.2) is 53.5 Å². The lowest BCUT2D eigenvalue weighted by Gasteiger charge is -2.33. The van der Waals surface area contributed by atoms with E-state index in [0.717, 1.165) is 52.0 Å². The smallest absolute Gasteiger partial charge is 0.134 e. The number of thiophene rings is 1. The van der Waals surface area contributed by atoms with Crippen molar-refractivity contribution in [2.24, 2.45) is 16.3 Å². The molecule has 0 fully saturated rings. The molecule has 2 heterocycles. The SMILES string of the molecule is Cc1c(C=Nc2sc3c(c2C#N)CC[C@@H](C(C)(C)C)C3)c2ccccc2n1Cc1ccccc1F. The van der Waals surface area contributed by atoms with Gasteiger partial charge >= 0.3 is 0 Å². The van der Waals surface area contributed by atoms with Gasteiger partial charge in [-0.05, 0) is 55.2 Å². The lowest BCUT2D eigenvalue weighted by atomic mass is 9.72. The summed E-state index contributed by atoms with van der Waals surface area (Å²) in [5.41, 5.74) is 5.95. The Kier molecular flexibility index (Phi) is 6.11. The van der Waals surface area contributed by atoms with Crippen molar-refractivity contribution in [1.29, 1.82) is 5.26 Å². The quantitative estimate of drug-likeness (QED) is 0.271. The second-order valence-electron chi connectivity index (χ2n) is 10.6. The molecule has 0 amide bonds. The number of hydrogen-bond donors (Lipinski definition) is 0. The summed E-state index contributed by atoms with van der Waals surface area (Å²) in [4.78, 5) is 6.19. The molecule has 5 heteroatoms. The molecular weight excluding hydrogens is 453 g/mol. The molecular formula is C30H30FN3S. The molecule has 0 radical (unpaired) electrons. The van der Waals surface area contributed by atoms with Gasteiger partial charge in [0.25, 0.3) is 0 Å². The monoisotopic (exact) mass is 483 g/mol. The summed E-state index contributed by atoms with van der Waals surface area (Å²) < 4.78 is 16.6. The van der Waals surface area contributed by atoms with E-state index in [1.54, 1.807) is 17.4 Å². The fourth-order valence-corrected chi connectivity index (χ4v) is 6.48. The molecule has 2 aromatic carbocycles. The van der Waals surface area contributed by atoms with E-state index in [1.807, 2.05) is 30.5 Å². The summed E-state index contributed by atoms with van der Waals surface area (Å²) in [6.07, 6.45) is 4.99. The Labute approximate surface area is 210 Å². The van der Waals surface area contributed by atoms with Gasteiger partial charge in [-0.25, -0.2) is 9.38 Å². The van der Waals surface area contributed by atoms with E-state index in [1.165, 1.54) is 16.5 Å². The van der Waals surface area contributed by atoms with Crippen molar-refractivity contribution in [3.8, 4) is 6.07 Å². The Morgan fingerprint density at radius 3 is 2.66 bits per heavy atom. The Bertz CT molecular complexity index is 1480. The predicted molar refractivity (Wildman–Crippen MR) is 143 cm³/mol. The van der Waals surface area contributed by atoms with Crippen LogP contribution in [-0.4, -0.2) is 10.8 Å². The van der Waals surface area contributed by atoms with Crippen molar-refractivity contribution >= 4 is 33.5 Å². The molecule has 178 valence electrons. The lowest BCUT2D eigenvalue weighted by molar-refractivity contribution is 0.218. The number of benzene rings is 2. The van der Waals surface area contributed by atoms with Crippen LogP contribution < -0.4 is 0 Å². The highest BCUT2D eigenvalue weighted by molar-refractivity contribution is 7.16. The molecule has 0 unspecified atom stereocenters. The Balaban J connectivity index is 1.54. The van der Waals surface area contributed by atoms with Crippen molar-refractivity contribution in [3.05, 3.63) is 87.2 Å². The third-order valence-electron chi connectivity index (χ3n) is 7.46. The first-order valence-corrected chi connectivity index (χ1v) is 13.0. The van der Waals surface area contributed by atoms with Gasteiger partial charge in [-0.1, -0.05) is 57.2 Å². The maximum Gasteiger partial charge on any atom is 0.134 e. The van der Waals surface area contributed by atoms with Crippen molar-refractivity contribution in [1.82, 2.24) is 4.57 Å². The first-order valence-electron chi connectivity index (χ1n) is 12.2. The zero-order valence-electron chi connectivity index (χ0n) is 20.7. The van der Waals surface area contributed by atoms with Crippen LogP contribution in [-0.2, 0) is 19.4 Å². The highest BCUT2D eigenvalue weighted by atomic mass is 32.1. The Morgan fingerprint density at radius 2 is 1.91 bits per heavy atom. The third-order valence-corrected chi connectivity index (χ3v) is 8.62. The molecule has 0 aliphatic heterocycles. The minimum atomic E-state index is -0.198. The van der Waals surface area contributed by atoms with E-state index in [0.29, 0.717) is 18.0 Å². The van der Waals surface area contributed by atoms with Crippen LogP contribution in [0.25, 0.3) is 10.9 Å². The highest BCUT2D eigenvalue weighted by Gasteiger charge is 2.32. The molecule has 4 aromatic rings. The van der Waals surface area contributed by atoms with Crippen LogP contribution in [0.2, 0.25) is 0 Å². The normalized spacial score (nSPS) is 16.1. The largest absolute Gasteiger partial charge is 0.340 e. The fraction of sp³-hybridized carbons (Fsp3) is 0.333. The minimum Gasteiger partial charge on any atom is -0.340 e. The van der Waals surface area contributed by atoms with Gasteiger partial charge in [0.15, 0.2) is 0 Å². The van der Waals surface area contributed by atoms with E-state index in [4.69, 9.17) is 4.99 Å². The summed E-state index contributed by atoms with van der Waals surface area (Å²) >= 11 is 1.67. The molecule has 5 rings (SSSR count). The van der Waals surface area contributed by atoms with Crippen LogP contribution >= 0.6 is 11.3 Å². The summed E-state index contributed by atoms with van der Waals surface area (Å²) in [7, 11) is 0. The second-order valence-corrected chi connectivity index (χ2v) is 11.6. The summed E-state index contributed by atoms with van der Waals surface area (Å²) in [6, 6.07) is 17.5. The molecule has 2 aromatic heterocycles. The second kappa shape index (κ2) is 9.09. The van der Waals surface area contributed by atoms with Crippen molar-refractivity contribution in [3.63, 3.8) is 0 Å². The number of aliphatic imine (C=N–C) groups is 1. The van der Waals surface area contributed by atoms with E-state index in [2.05, 4.69) is 50.5 Å². The molecule has 0 spiro atoms. The first kappa shape index (κ1) is 23.5. The van der Waals surface area contributed by atoms with Crippen LogP contribution in [0, 0.1) is 35.4 Å². The van der Waals surface area contributed by atoms with Gasteiger partial charge < -0.3 is 4.57 Å². The van der Waals surface area contributed by atoms with Gasteiger partial charge in [0.1, 0.15) is 16.9 Å². The summed E-state index contributed by atoms with van der Waals surface area (Å²) in [5.74, 6) is 0.423. The number of aromatic nitrogens is 1. The van der Waals surface area contributed by atoms with Gasteiger partial charge in [0, 0.05) is 38.8 Å². The number of rotatable bonds is 4. The zero-order chi connectivity index (χ0) is 24.7. The Morgan fingerprint density at radius 1 is 1.17 bits per heavy atom. The molecule has 3 nitrogen and oxygen atoms in total. The van der Waals surface area contributed by atoms with Gasteiger partial charge in [-0.2, -0.15) is 5.26 Å². The van der Waals surface area contributed by atoms with Crippen LogP contribution in [0.5, 0.6) is 0 Å². The van der Waals surface area contributed by atoms with Crippen molar-refractivity contribution in [2.45, 2.75) is 53.5 Å². The van der Waals surface area contributed by atoms with Crippen molar-refractivity contribution in [2.75, 3.05) is 0 Å². The van der Waals surface area contributed by atoms with Crippen molar-refractivity contribution < 1.29 is 4.39 Å². The number of nitrogens with zero attached hydrogens (tertiary/aromatic N) is 3. The number of hydrogen-bond acceptors (Lipinski definition) is 3. The summed E-state index contributed by atoms with van der Waals surface area (Å²) in [5, 5.41) is 11.8. The van der Waals surface area contributed by atoms with E-state index < -0.39 is 0 Å². The molecule has 1 aliphatic rings. The number of para-hydroxylation sites is 1. The van der Waals surface area contributed by atoms with Crippen LogP contribution in [0.4, 0.5) is 9.39 Å². The first-order chi connectivity index (χ1) is 16.8. The fourth-order valence-electron chi connectivity index (χ4n) is 5.26. The summed E-state index contributed by atoms with van der Waals surface area (Å²) in [6.45, 7) is 9.43. The lowest BCUT2D eigenvalue weighted by Crippen LogP contribution is -2.26. The maximum absolute atomic E-state index is 14.4. The molecule has 1 aliphatic carbocycles. The predicted octanol–water partition coefficient (Wildman–Crippen LogP) is 7.97. The Hall–Kier alpha value is -3.23. The van der Waals surface area contributed by atoms with Gasteiger partial charge in [-0.3, -0.25) is 0 Å². The third kappa shape index (κ3) is 4.32. The van der Waals surface area contributed by atoms with Crippen LogP contribution in [0.3, 0.4) is 0 Å². The highest BCUT2D eigenvalue weighted by Crippen LogP contribution is 2.45. The maximum atomic E-state index is 14.4. The van der Waals surface area contributed by atoms with E-state index in [-0.39, 0.29) is 11.2 Å². The molecule has 0 saturated carbocycles. The standard InChI is InChI=1S/C30H30FN3S/c1-19-25(22-10-6-8-12-27(22)34(19)18-20-9-5-7-11-26(20)31)17-33-29-24(16-32)23-14-13-21(30(2,3)4)15-28(23)35-29/h5-12,17,21H,13-15,18H2,1-4H3/t21-/m1/s1.